The number of fused-ring (bicyclic) bond motifs is 1. The molecule has 0 aliphatic rings. The van der Waals surface area contributed by atoms with Gasteiger partial charge in [0, 0.05) is 16.0 Å². The summed E-state index contributed by atoms with van der Waals surface area (Å²) < 4.78 is 15.0. The fourth-order valence-corrected chi connectivity index (χ4v) is 3.62. The molecular weight excluding hydrogens is 391 g/mol. The molecule has 0 fully saturated rings. The quantitative estimate of drug-likeness (QED) is 0.307. The topological polar surface area (TPSA) is 0 Å². The predicted octanol–water partition coefficient (Wildman–Crippen LogP) is 7.38. The van der Waals surface area contributed by atoms with Gasteiger partial charge >= 0.3 is 0 Å². The molecule has 0 heterocycles. The molecule has 0 atom stereocenters. The first-order valence-corrected chi connectivity index (χ1v) is 10.6. The van der Waals surface area contributed by atoms with Crippen LogP contribution in [0.4, 0.5) is 4.39 Å². The average molecular weight is 413 g/mol. The van der Waals surface area contributed by atoms with Gasteiger partial charge in [-0.25, -0.2) is 4.39 Å². The van der Waals surface area contributed by atoms with Gasteiger partial charge in [0.05, 0.1) is 5.56 Å². The number of halogens is 2. The van der Waals surface area contributed by atoms with Gasteiger partial charge in [0.1, 0.15) is 5.82 Å². The molecule has 0 aromatic heterocycles. The van der Waals surface area contributed by atoms with E-state index in [-0.39, 0.29) is 5.82 Å². The first-order chi connectivity index (χ1) is 14.6. The first kappa shape index (κ1) is 20.2. The molecule has 0 radical (unpaired) electrons. The maximum atomic E-state index is 15.0. The number of hydrogen-bond acceptors (Lipinski definition) is 0. The summed E-state index contributed by atoms with van der Waals surface area (Å²) >= 11 is 5.89. The summed E-state index contributed by atoms with van der Waals surface area (Å²) in [7, 11) is 0. The highest BCUT2D eigenvalue weighted by atomic mass is 35.5. The Morgan fingerprint density at radius 2 is 1.40 bits per heavy atom. The van der Waals surface area contributed by atoms with Crippen LogP contribution in [0.25, 0.3) is 10.8 Å². The molecule has 0 unspecified atom stereocenters. The Bertz CT molecular complexity index is 1230. The van der Waals surface area contributed by atoms with E-state index in [1.54, 1.807) is 18.2 Å². The summed E-state index contributed by atoms with van der Waals surface area (Å²) in [5.74, 6) is 5.68. The number of aryl methyl sites for hydroxylation is 3. The zero-order valence-corrected chi connectivity index (χ0v) is 17.6. The number of hydrogen-bond donors (Lipinski definition) is 0. The third-order valence-corrected chi connectivity index (χ3v) is 5.59. The van der Waals surface area contributed by atoms with E-state index < -0.39 is 0 Å². The summed E-state index contributed by atoms with van der Waals surface area (Å²) in [5.41, 5.74) is 5.10. The van der Waals surface area contributed by atoms with Gasteiger partial charge in [-0.1, -0.05) is 78.9 Å². The summed E-state index contributed by atoms with van der Waals surface area (Å²) in [6.07, 6.45) is 2.96. The Kier molecular flexibility index (Phi) is 6.17. The van der Waals surface area contributed by atoms with Crippen LogP contribution in [0.2, 0.25) is 5.02 Å². The maximum absolute atomic E-state index is 15.0. The van der Waals surface area contributed by atoms with Crippen LogP contribution in [0, 0.1) is 17.7 Å². The Balaban J connectivity index is 1.52. The van der Waals surface area contributed by atoms with Gasteiger partial charge in [0.2, 0.25) is 0 Å². The minimum atomic E-state index is -0.268. The highest BCUT2D eigenvalue weighted by Gasteiger charge is 2.07. The van der Waals surface area contributed by atoms with Gasteiger partial charge in [0.15, 0.2) is 0 Å². The van der Waals surface area contributed by atoms with Gasteiger partial charge in [-0.3, -0.25) is 0 Å². The molecule has 0 N–H and O–H groups in total. The van der Waals surface area contributed by atoms with Crippen LogP contribution >= 0.6 is 11.6 Å². The molecule has 30 heavy (non-hydrogen) atoms. The van der Waals surface area contributed by atoms with Crippen molar-refractivity contribution in [2.24, 2.45) is 0 Å². The van der Waals surface area contributed by atoms with Crippen LogP contribution in [0.3, 0.4) is 0 Å². The van der Waals surface area contributed by atoms with Crippen molar-refractivity contribution in [2.75, 3.05) is 0 Å². The molecule has 0 spiro atoms. The highest BCUT2D eigenvalue weighted by Crippen LogP contribution is 2.23. The second kappa shape index (κ2) is 9.16. The van der Waals surface area contributed by atoms with Crippen molar-refractivity contribution in [1.82, 2.24) is 0 Å². The van der Waals surface area contributed by atoms with E-state index in [0.29, 0.717) is 16.0 Å². The molecule has 0 saturated heterocycles. The van der Waals surface area contributed by atoms with Gasteiger partial charge in [0.25, 0.3) is 0 Å². The molecule has 148 valence electrons. The predicted molar refractivity (Wildman–Crippen MR) is 125 cm³/mol. The van der Waals surface area contributed by atoms with E-state index >= 15 is 0 Å². The maximum Gasteiger partial charge on any atom is 0.146 e. The second-order valence-corrected chi connectivity index (χ2v) is 7.85. The van der Waals surface area contributed by atoms with Crippen LogP contribution in [-0.4, -0.2) is 0 Å². The third kappa shape index (κ3) is 4.73. The standard InChI is InChI=1S/C28H22ClF/c1-2-20-3-5-21(6-4-20)7-8-23-12-18-27-25(19-23)15-14-24(28(27)30)13-9-22-10-16-26(29)17-11-22/h3-6,10-12,14-19H,2,7-8H2,1H3. The van der Waals surface area contributed by atoms with E-state index in [1.807, 2.05) is 30.3 Å². The first-order valence-electron chi connectivity index (χ1n) is 10.2. The molecule has 4 aromatic carbocycles. The Morgan fingerprint density at radius 1 is 0.733 bits per heavy atom. The molecule has 0 amide bonds. The van der Waals surface area contributed by atoms with Crippen molar-refractivity contribution in [1.29, 1.82) is 0 Å². The highest BCUT2D eigenvalue weighted by molar-refractivity contribution is 6.30. The minimum absolute atomic E-state index is 0.268. The molecular formula is C28H22ClF. The summed E-state index contributed by atoms with van der Waals surface area (Å²) in [5, 5.41) is 2.17. The lowest BCUT2D eigenvalue weighted by Gasteiger charge is -2.07. The molecule has 2 heteroatoms. The fourth-order valence-electron chi connectivity index (χ4n) is 3.50. The van der Waals surface area contributed by atoms with Crippen molar-refractivity contribution in [3.05, 3.63) is 118 Å². The van der Waals surface area contributed by atoms with E-state index in [0.717, 1.165) is 30.2 Å². The van der Waals surface area contributed by atoms with Crippen LogP contribution in [-0.2, 0) is 19.3 Å². The summed E-state index contributed by atoms with van der Waals surface area (Å²) in [6, 6.07) is 25.7. The Labute approximate surface area is 182 Å². The van der Waals surface area contributed by atoms with E-state index in [1.165, 1.54) is 16.7 Å². The summed E-state index contributed by atoms with van der Waals surface area (Å²) in [4.78, 5) is 0. The third-order valence-electron chi connectivity index (χ3n) is 5.34. The summed E-state index contributed by atoms with van der Waals surface area (Å²) in [6.45, 7) is 2.16. The lowest BCUT2D eigenvalue weighted by molar-refractivity contribution is 0.636. The molecule has 4 aromatic rings. The van der Waals surface area contributed by atoms with Gasteiger partial charge in [-0.15, -0.1) is 0 Å². The molecule has 0 aliphatic heterocycles. The van der Waals surface area contributed by atoms with Gasteiger partial charge < -0.3 is 0 Å². The minimum Gasteiger partial charge on any atom is -0.205 e. The van der Waals surface area contributed by atoms with Crippen LogP contribution < -0.4 is 0 Å². The molecule has 4 rings (SSSR count). The van der Waals surface area contributed by atoms with E-state index in [4.69, 9.17) is 11.6 Å². The van der Waals surface area contributed by atoms with Crippen LogP contribution in [0.1, 0.15) is 34.7 Å². The molecule has 0 aliphatic carbocycles. The van der Waals surface area contributed by atoms with Gasteiger partial charge in [-0.2, -0.15) is 0 Å². The zero-order valence-electron chi connectivity index (χ0n) is 16.9. The molecule has 0 bridgehead atoms. The SMILES string of the molecule is CCc1ccc(CCc2ccc3c(F)c(C#Cc4ccc(Cl)cc4)ccc3c2)cc1. The van der Waals surface area contributed by atoms with Crippen molar-refractivity contribution in [2.45, 2.75) is 26.2 Å². The fraction of sp³-hybridized carbons (Fsp3) is 0.143. The van der Waals surface area contributed by atoms with Gasteiger partial charge in [-0.05, 0) is 71.7 Å². The number of benzene rings is 4. The zero-order chi connectivity index (χ0) is 20.9. The largest absolute Gasteiger partial charge is 0.205 e. The average Bonchev–Trinajstić information content (AvgIpc) is 2.78. The van der Waals surface area contributed by atoms with Crippen molar-refractivity contribution in [3.63, 3.8) is 0 Å². The normalized spacial score (nSPS) is 10.6. The Hall–Kier alpha value is -3.08. The Morgan fingerprint density at radius 3 is 2.13 bits per heavy atom. The lowest BCUT2D eigenvalue weighted by atomic mass is 9.99. The molecule has 0 saturated carbocycles. The monoisotopic (exact) mass is 412 g/mol. The van der Waals surface area contributed by atoms with Crippen LogP contribution in [0.15, 0.2) is 78.9 Å². The van der Waals surface area contributed by atoms with E-state index in [9.17, 15) is 4.39 Å². The second-order valence-electron chi connectivity index (χ2n) is 7.41. The lowest BCUT2D eigenvalue weighted by Crippen LogP contribution is -1.93. The van der Waals surface area contributed by atoms with Crippen LogP contribution in [0.5, 0.6) is 0 Å². The molecule has 0 nitrogen and oxygen atoms in total. The van der Waals surface area contributed by atoms with Crippen molar-refractivity contribution >= 4 is 22.4 Å². The smallest absolute Gasteiger partial charge is 0.146 e. The van der Waals surface area contributed by atoms with Crippen molar-refractivity contribution in [3.8, 4) is 11.8 Å². The number of rotatable bonds is 4. The van der Waals surface area contributed by atoms with E-state index in [2.05, 4.69) is 49.1 Å². The van der Waals surface area contributed by atoms with Crippen molar-refractivity contribution < 1.29 is 4.39 Å².